The molecule has 0 aliphatic rings. The average molecular weight is 459 g/mol. The van der Waals surface area contributed by atoms with Crippen LogP contribution in [0.1, 0.15) is 11.6 Å². The lowest BCUT2D eigenvalue weighted by Crippen LogP contribution is -2.22. The van der Waals surface area contributed by atoms with E-state index in [-0.39, 0.29) is 5.56 Å². The van der Waals surface area contributed by atoms with Crippen LogP contribution >= 0.6 is 23.2 Å². The maximum Gasteiger partial charge on any atom is 0.266 e. The summed E-state index contributed by atoms with van der Waals surface area (Å²) in [6, 6.07) is 25.6. The van der Waals surface area contributed by atoms with Gasteiger partial charge in [0.1, 0.15) is 17.3 Å². The third-order valence-electron chi connectivity index (χ3n) is 5.04. The van der Waals surface area contributed by atoms with Crippen molar-refractivity contribution in [2.24, 2.45) is 0 Å². The first-order valence-corrected chi connectivity index (χ1v) is 10.7. The Bertz CT molecular complexity index is 1500. The molecule has 0 bridgehead atoms. The van der Waals surface area contributed by atoms with E-state index < -0.39 is 0 Å². The largest absolute Gasteiger partial charge is 0.457 e. The highest BCUT2D eigenvalue weighted by molar-refractivity contribution is 6.30. The Morgan fingerprint density at radius 1 is 0.781 bits per heavy atom. The van der Waals surface area contributed by atoms with Crippen molar-refractivity contribution < 1.29 is 4.42 Å². The highest BCUT2D eigenvalue weighted by Crippen LogP contribution is 2.25. The van der Waals surface area contributed by atoms with Crippen molar-refractivity contribution in [1.29, 1.82) is 0 Å². The molecule has 4 nitrogen and oxygen atoms in total. The number of aromatic nitrogens is 2. The zero-order valence-corrected chi connectivity index (χ0v) is 18.2. The molecule has 6 heteroatoms. The predicted octanol–water partition coefficient (Wildman–Crippen LogP) is 7.12. The van der Waals surface area contributed by atoms with Gasteiger partial charge in [-0.2, -0.15) is 0 Å². The number of benzene rings is 3. The molecule has 2 aromatic heterocycles. The molecule has 0 saturated heterocycles. The summed E-state index contributed by atoms with van der Waals surface area (Å²) < 4.78 is 7.52. The minimum absolute atomic E-state index is 0.154. The lowest BCUT2D eigenvalue weighted by atomic mass is 10.2. The van der Waals surface area contributed by atoms with Gasteiger partial charge in [-0.3, -0.25) is 9.36 Å². The van der Waals surface area contributed by atoms with Gasteiger partial charge in [-0.1, -0.05) is 35.3 Å². The van der Waals surface area contributed by atoms with Gasteiger partial charge in [-0.25, -0.2) is 4.98 Å². The van der Waals surface area contributed by atoms with E-state index >= 15 is 0 Å². The van der Waals surface area contributed by atoms with Gasteiger partial charge in [0.05, 0.1) is 16.6 Å². The van der Waals surface area contributed by atoms with E-state index in [1.54, 1.807) is 47.1 Å². The van der Waals surface area contributed by atoms with Gasteiger partial charge >= 0.3 is 0 Å². The van der Waals surface area contributed by atoms with Gasteiger partial charge < -0.3 is 4.42 Å². The molecule has 5 rings (SSSR count). The molecule has 0 saturated carbocycles. The van der Waals surface area contributed by atoms with Gasteiger partial charge in [-0.05, 0) is 84.9 Å². The number of furan rings is 1. The van der Waals surface area contributed by atoms with Crippen LogP contribution in [0.25, 0.3) is 40.1 Å². The molecule has 0 aliphatic carbocycles. The van der Waals surface area contributed by atoms with Crippen LogP contribution in [0.2, 0.25) is 10.0 Å². The van der Waals surface area contributed by atoms with Crippen molar-refractivity contribution in [3.05, 3.63) is 117 Å². The van der Waals surface area contributed by atoms with E-state index in [4.69, 9.17) is 32.6 Å². The molecule has 0 N–H and O–H groups in total. The van der Waals surface area contributed by atoms with Crippen molar-refractivity contribution in [3.63, 3.8) is 0 Å². The topological polar surface area (TPSA) is 48.0 Å². The molecule has 156 valence electrons. The zero-order valence-electron chi connectivity index (χ0n) is 16.7. The average Bonchev–Trinajstić information content (AvgIpc) is 3.28. The molecule has 0 amide bonds. The Balaban J connectivity index is 1.58. The fourth-order valence-corrected chi connectivity index (χ4v) is 3.72. The van der Waals surface area contributed by atoms with Crippen LogP contribution in [0, 0.1) is 0 Å². The Hall–Kier alpha value is -3.60. The minimum Gasteiger partial charge on any atom is -0.457 e. The Labute approximate surface area is 194 Å². The van der Waals surface area contributed by atoms with Crippen molar-refractivity contribution in [2.75, 3.05) is 0 Å². The first kappa shape index (κ1) is 20.3. The summed E-state index contributed by atoms with van der Waals surface area (Å²) in [6.45, 7) is 0. The van der Waals surface area contributed by atoms with E-state index in [0.29, 0.717) is 38.2 Å². The quantitative estimate of drug-likeness (QED) is 0.287. The van der Waals surface area contributed by atoms with Crippen LogP contribution < -0.4 is 5.56 Å². The van der Waals surface area contributed by atoms with E-state index in [0.717, 1.165) is 11.3 Å². The van der Waals surface area contributed by atoms with Crippen molar-refractivity contribution in [1.82, 2.24) is 9.55 Å². The normalized spacial score (nSPS) is 11.4. The highest BCUT2D eigenvalue weighted by Gasteiger charge is 2.11. The van der Waals surface area contributed by atoms with E-state index in [1.165, 1.54) is 0 Å². The number of fused-ring (bicyclic) bond motifs is 1. The lowest BCUT2D eigenvalue weighted by molar-refractivity contribution is 0.572. The molecular weight excluding hydrogens is 443 g/mol. The molecule has 0 fully saturated rings. The monoisotopic (exact) mass is 458 g/mol. The van der Waals surface area contributed by atoms with Gasteiger partial charge in [-0.15, -0.1) is 0 Å². The zero-order chi connectivity index (χ0) is 22.1. The fourth-order valence-electron chi connectivity index (χ4n) is 3.47. The second-order valence-corrected chi connectivity index (χ2v) is 8.02. The summed E-state index contributed by atoms with van der Waals surface area (Å²) in [4.78, 5) is 18.0. The maximum absolute atomic E-state index is 13.3. The summed E-state index contributed by atoms with van der Waals surface area (Å²) in [7, 11) is 0. The molecule has 0 aliphatic heterocycles. The summed E-state index contributed by atoms with van der Waals surface area (Å²) >= 11 is 12.0. The fraction of sp³-hybridized carbons (Fsp3) is 0. The maximum atomic E-state index is 13.3. The van der Waals surface area contributed by atoms with Crippen molar-refractivity contribution in [3.8, 4) is 17.0 Å². The van der Waals surface area contributed by atoms with E-state index in [9.17, 15) is 4.79 Å². The first-order valence-electron chi connectivity index (χ1n) is 9.90. The molecule has 5 aromatic rings. The van der Waals surface area contributed by atoms with E-state index in [1.807, 2.05) is 54.6 Å². The second-order valence-electron chi connectivity index (χ2n) is 7.15. The third-order valence-corrected chi connectivity index (χ3v) is 5.54. The van der Waals surface area contributed by atoms with Crippen molar-refractivity contribution >= 4 is 46.3 Å². The van der Waals surface area contributed by atoms with Crippen LogP contribution in [-0.4, -0.2) is 9.55 Å². The molecule has 0 unspecified atom stereocenters. The van der Waals surface area contributed by atoms with Gasteiger partial charge in [0.25, 0.3) is 5.56 Å². The third kappa shape index (κ3) is 3.98. The van der Waals surface area contributed by atoms with Gasteiger partial charge in [0, 0.05) is 15.6 Å². The Morgan fingerprint density at radius 2 is 1.47 bits per heavy atom. The number of halogens is 2. The van der Waals surface area contributed by atoms with Crippen LogP contribution in [0.15, 0.2) is 94.1 Å². The standard InChI is InChI=1S/C26H16Cl2N2O2/c27-18-7-5-17(6-8-18)24-15-13-21(32-24)14-16-25-29-23-4-2-1-3-22(23)26(31)30(25)20-11-9-19(28)10-12-20/h1-16H/b16-14-. The molecule has 2 heterocycles. The number of hydrogen-bond acceptors (Lipinski definition) is 3. The number of hydrogen-bond donors (Lipinski definition) is 0. The van der Waals surface area contributed by atoms with Crippen LogP contribution in [0.3, 0.4) is 0 Å². The lowest BCUT2D eigenvalue weighted by Gasteiger charge is -2.11. The summed E-state index contributed by atoms with van der Waals surface area (Å²) in [5.41, 5.74) is 2.08. The number of para-hydroxylation sites is 1. The smallest absolute Gasteiger partial charge is 0.266 e. The second kappa shape index (κ2) is 8.50. The molecule has 0 spiro atoms. The van der Waals surface area contributed by atoms with Gasteiger partial charge in [0.15, 0.2) is 0 Å². The Kier molecular flexibility index (Phi) is 5.39. The number of rotatable bonds is 4. The molecule has 0 radical (unpaired) electrons. The first-order chi connectivity index (χ1) is 15.6. The van der Waals surface area contributed by atoms with E-state index in [2.05, 4.69) is 0 Å². The summed E-state index contributed by atoms with van der Waals surface area (Å²) in [5, 5.41) is 1.81. The molecular formula is C26H16Cl2N2O2. The van der Waals surface area contributed by atoms with Crippen LogP contribution in [-0.2, 0) is 0 Å². The summed E-state index contributed by atoms with van der Waals surface area (Å²) in [6.07, 6.45) is 3.56. The molecule has 3 aromatic carbocycles. The minimum atomic E-state index is -0.154. The van der Waals surface area contributed by atoms with Gasteiger partial charge in [0.2, 0.25) is 0 Å². The number of nitrogens with zero attached hydrogens (tertiary/aromatic N) is 2. The highest BCUT2D eigenvalue weighted by atomic mass is 35.5. The van der Waals surface area contributed by atoms with Crippen molar-refractivity contribution in [2.45, 2.75) is 0 Å². The van der Waals surface area contributed by atoms with Crippen LogP contribution in [0.5, 0.6) is 0 Å². The molecule has 32 heavy (non-hydrogen) atoms. The molecule has 0 atom stereocenters. The summed E-state index contributed by atoms with van der Waals surface area (Å²) in [5.74, 6) is 1.85. The Morgan fingerprint density at radius 3 is 2.22 bits per heavy atom. The SMILES string of the molecule is O=c1c2ccccc2nc(/C=C\c2ccc(-c3ccc(Cl)cc3)o2)n1-c1ccc(Cl)cc1. The predicted molar refractivity (Wildman–Crippen MR) is 130 cm³/mol. The van der Waals surface area contributed by atoms with Crippen LogP contribution in [0.4, 0.5) is 0 Å².